The number of morpholine rings is 1. The molecule has 1 saturated carbocycles. The number of carbonyl (C=O) groups excluding carboxylic acids is 1. The van der Waals surface area contributed by atoms with Crippen LogP contribution in [0.3, 0.4) is 0 Å². The molecule has 4 rings (SSSR count). The zero-order valence-corrected chi connectivity index (χ0v) is 18.2. The Morgan fingerprint density at radius 2 is 2.00 bits per heavy atom. The van der Waals surface area contributed by atoms with Crippen molar-refractivity contribution in [3.63, 3.8) is 0 Å². The van der Waals surface area contributed by atoms with Crippen molar-refractivity contribution in [2.24, 2.45) is 11.5 Å². The van der Waals surface area contributed by atoms with Crippen molar-refractivity contribution < 1.29 is 13.9 Å². The lowest BCUT2D eigenvalue weighted by Gasteiger charge is -2.30. The number of primary amides is 1. The first-order valence-corrected chi connectivity index (χ1v) is 11.0. The third-order valence-corrected chi connectivity index (χ3v) is 5.94. The number of carbonyl (C=O) groups is 1. The van der Waals surface area contributed by atoms with Crippen LogP contribution in [0.15, 0.2) is 18.3 Å². The van der Waals surface area contributed by atoms with Gasteiger partial charge < -0.3 is 31.7 Å². The SMILES string of the molecule is N#Cc1cc(Nc2nc(N[C@@H]3CCCC[C@@H]3N)c(F)cc2C(N)=O)cnc1N1CCOCC1. The number of nitriles is 1. The Morgan fingerprint density at radius 1 is 1.24 bits per heavy atom. The molecule has 1 aliphatic heterocycles. The average molecular weight is 455 g/mol. The van der Waals surface area contributed by atoms with Crippen LogP contribution in [-0.2, 0) is 4.74 Å². The first-order valence-electron chi connectivity index (χ1n) is 11.0. The highest BCUT2D eigenvalue weighted by molar-refractivity contribution is 5.98. The monoisotopic (exact) mass is 454 g/mol. The van der Waals surface area contributed by atoms with Crippen LogP contribution in [0.5, 0.6) is 0 Å². The Hall–Kier alpha value is -3.49. The molecule has 174 valence electrons. The van der Waals surface area contributed by atoms with E-state index in [0.29, 0.717) is 43.4 Å². The van der Waals surface area contributed by atoms with Gasteiger partial charge >= 0.3 is 0 Å². The molecule has 1 saturated heterocycles. The lowest BCUT2D eigenvalue weighted by atomic mass is 9.91. The normalized spacial score (nSPS) is 20.7. The molecule has 2 aromatic rings. The summed E-state index contributed by atoms with van der Waals surface area (Å²) in [6.45, 7) is 2.40. The van der Waals surface area contributed by atoms with E-state index in [1.165, 1.54) is 6.20 Å². The fourth-order valence-corrected chi connectivity index (χ4v) is 4.16. The fourth-order valence-electron chi connectivity index (χ4n) is 4.16. The number of ether oxygens (including phenoxy) is 1. The lowest BCUT2D eigenvalue weighted by molar-refractivity contribution is 0.100. The molecular formula is C22H27FN8O2. The van der Waals surface area contributed by atoms with Gasteiger partial charge in [-0.1, -0.05) is 12.8 Å². The van der Waals surface area contributed by atoms with Gasteiger partial charge in [0.05, 0.1) is 36.2 Å². The largest absolute Gasteiger partial charge is 0.378 e. The molecular weight excluding hydrogens is 427 g/mol. The van der Waals surface area contributed by atoms with Crippen molar-refractivity contribution in [3.8, 4) is 6.07 Å². The summed E-state index contributed by atoms with van der Waals surface area (Å²) < 4.78 is 20.1. The summed E-state index contributed by atoms with van der Waals surface area (Å²) >= 11 is 0. The van der Waals surface area contributed by atoms with Crippen LogP contribution in [-0.4, -0.2) is 54.3 Å². The van der Waals surface area contributed by atoms with Crippen molar-refractivity contribution in [1.82, 2.24) is 9.97 Å². The molecule has 3 heterocycles. The Morgan fingerprint density at radius 3 is 2.70 bits per heavy atom. The maximum Gasteiger partial charge on any atom is 0.252 e. The van der Waals surface area contributed by atoms with Crippen LogP contribution in [0, 0.1) is 17.1 Å². The van der Waals surface area contributed by atoms with E-state index in [4.69, 9.17) is 16.2 Å². The Kier molecular flexibility index (Phi) is 6.86. The number of rotatable bonds is 6. The second-order valence-corrected chi connectivity index (χ2v) is 8.21. The third kappa shape index (κ3) is 5.13. The highest BCUT2D eigenvalue weighted by Crippen LogP contribution is 2.28. The van der Waals surface area contributed by atoms with E-state index in [2.05, 4.69) is 26.7 Å². The maximum absolute atomic E-state index is 14.7. The maximum atomic E-state index is 14.7. The van der Waals surface area contributed by atoms with Gasteiger partial charge in [0.25, 0.3) is 5.91 Å². The van der Waals surface area contributed by atoms with Gasteiger partial charge in [0.15, 0.2) is 11.6 Å². The first kappa shape index (κ1) is 22.7. The number of amides is 1. The van der Waals surface area contributed by atoms with Crippen LogP contribution in [0.1, 0.15) is 41.6 Å². The number of hydrogen-bond acceptors (Lipinski definition) is 9. The van der Waals surface area contributed by atoms with Crippen molar-refractivity contribution in [2.45, 2.75) is 37.8 Å². The number of nitrogens with zero attached hydrogens (tertiary/aromatic N) is 4. The summed E-state index contributed by atoms with van der Waals surface area (Å²) in [5.41, 5.74) is 12.3. The summed E-state index contributed by atoms with van der Waals surface area (Å²) in [5, 5.41) is 15.7. The minimum absolute atomic E-state index is 0.0109. The van der Waals surface area contributed by atoms with Gasteiger partial charge in [-0.15, -0.1) is 0 Å². The second-order valence-electron chi connectivity index (χ2n) is 8.21. The minimum Gasteiger partial charge on any atom is -0.378 e. The van der Waals surface area contributed by atoms with Gasteiger partial charge in [-0.2, -0.15) is 5.26 Å². The molecule has 0 bridgehead atoms. The summed E-state index contributed by atoms with van der Waals surface area (Å²) in [5.74, 6) is -0.903. The first-order chi connectivity index (χ1) is 16.0. The van der Waals surface area contributed by atoms with Crippen molar-refractivity contribution in [3.05, 3.63) is 35.3 Å². The second kappa shape index (κ2) is 9.97. The number of halogens is 1. The molecule has 2 fully saturated rings. The zero-order valence-electron chi connectivity index (χ0n) is 18.2. The average Bonchev–Trinajstić information content (AvgIpc) is 2.82. The number of anilines is 4. The molecule has 2 aromatic heterocycles. The topological polar surface area (TPSA) is 155 Å². The molecule has 0 spiro atoms. The molecule has 11 heteroatoms. The highest BCUT2D eigenvalue weighted by Gasteiger charge is 2.25. The van der Waals surface area contributed by atoms with E-state index >= 15 is 0 Å². The number of nitrogens with two attached hydrogens (primary N) is 2. The van der Waals surface area contributed by atoms with E-state index in [-0.39, 0.29) is 29.3 Å². The minimum atomic E-state index is -0.830. The fraction of sp³-hybridized carbons (Fsp3) is 0.455. The van der Waals surface area contributed by atoms with E-state index in [0.717, 1.165) is 31.7 Å². The summed E-state index contributed by atoms with van der Waals surface area (Å²) in [7, 11) is 0. The van der Waals surface area contributed by atoms with Crippen LogP contribution < -0.4 is 27.0 Å². The van der Waals surface area contributed by atoms with Crippen LogP contribution in [0.4, 0.5) is 27.5 Å². The standard InChI is InChI=1S/C22H27FN8O2/c23-16-10-15(19(26)32)20(30-21(16)29-18-4-2-1-3-17(18)25)28-14-9-13(11-24)22(27-12-14)31-5-7-33-8-6-31/h9-10,12,17-18H,1-8,25H2,(H2,26,32)(H2,28,29,30)/t17-,18+/m0/s1. The Balaban J connectivity index is 1.62. The van der Waals surface area contributed by atoms with Gasteiger partial charge in [-0.05, 0) is 25.0 Å². The lowest BCUT2D eigenvalue weighted by Crippen LogP contribution is -2.43. The van der Waals surface area contributed by atoms with E-state index in [1.807, 2.05) is 4.90 Å². The molecule has 2 atom stereocenters. The number of nitrogens with one attached hydrogen (secondary N) is 2. The van der Waals surface area contributed by atoms with Gasteiger partial charge in [-0.3, -0.25) is 4.79 Å². The number of aromatic nitrogens is 2. The molecule has 33 heavy (non-hydrogen) atoms. The quantitative estimate of drug-likeness (QED) is 0.511. The molecule has 10 nitrogen and oxygen atoms in total. The van der Waals surface area contributed by atoms with E-state index in [9.17, 15) is 14.4 Å². The summed E-state index contributed by atoms with van der Waals surface area (Å²) in [4.78, 5) is 22.6. The van der Waals surface area contributed by atoms with E-state index < -0.39 is 11.7 Å². The molecule has 1 aliphatic carbocycles. The molecule has 6 N–H and O–H groups in total. The van der Waals surface area contributed by atoms with Crippen molar-refractivity contribution >= 4 is 29.0 Å². The van der Waals surface area contributed by atoms with Gasteiger partial charge in [0.2, 0.25) is 0 Å². The summed E-state index contributed by atoms with van der Waals surface area (Å²) in [6.07, 6.45) is 5.22. The van der Waals surface area contributed by atoms with E-state index in [1.54, 1.807) is 6.07 Å². The predicted molar refractivity (Wildman–Crippen MR) is 122 cm³/mol. The molecule has 0 radical (unpaired) electrons. The van der Waals surface area contributed by atoms with Crippen molar-refractivity contribution in [1.29, 1.82) is 5.26 Å². The number of hydrogen-bond donors (Lipinski definition) is 4. The van der Waals surface area contributed by atoms with Crippen LogP contribution >= 0.6 is 0 Å². The number of pyridine rings is 2. The van der Waals surface area contributed by atoms with Gasteiger partial charge in [0.1, 0.15) is 17.7 Å². The highest BCUT2D eigenvalue weighted by atomic mass is 19.1. The smallest absolute Gasteiger partial charge is 0.252 e. The Labute approximate surface area is 191 Å². The van der Waals surface area contributed by atoms with Gasteiger partial charge in [0, 0.05) is 25.2 Å². The zero-order chi connectivity index (χ0) is 23.4. The van der Waals surface area contributed by atoms with Gasteiger partial charge in [-0.25, -0.2) is 14.4 Å². The molecule has 2 aliphatic rings. The Bertz CT molecular complexity index is 1070. The predicted octanol–water partition coefficient (Wildman–Crippen LogP) is 1.85. The molecule has 0 unspecified atom stereocenters. The summed E-state index contributed by atoms with van der Waals surface area (Å²) in [6, 6.07) is 4.59. The van der Waals surface area contributed by atoms with Crippen LogP contribution in [0.2, 0.25) is 0 Å². The van der Waals surface area contributed by atoms with Crippen molar-refractivity contribution in [2.75, 3.05) is 41.8 Å². The molecule has 1 amide bonds. The van der Waals surface area contributed by atoms with Crippen LogP contribution in [0.25, 0.3) is 0 Å². The molecule has 0 aromatic carbocycles. The third-order valence-electron chi connectivity index (χ3n) is 5.94.